The summed E-state index contributed by atoms with van der Waals surface area (Å²) < 4.78 is 6.46. The molecule has 1 aliphatic rings. The van der Waals surface area contributed by atoms with Gasteiger partial charge in [0.25, 0.3) is 0 Å². The zero-order chi connectivity index (χ0) is 19.4. The second-order valence-corrected chi connectivity index (χ2v) is 8.65. The molecule has 0 N–H and O–H groups in total. The van der Waals surface area contributed by atoms with Crippen LogP contribution in [0.3, 0.4) is 0 Å². The van der Waals surface area contributed by atoms with Gasteiger partial charge in [0, 0.05) is 27.9 Å². The molecule has 2 nitrogen and oxygen atoms in total. The van der Waals surface area contributed by atoms with E-state index < -0.39 is 0 Å². The Morgan fingerprint density at radius 2 is 1.55 bits per heavy atom. The maximum absolute atomic E-state index is 6.46. The van der Waals surface area contributed by atoms with Crippen LogP contribution in [0.5, 0.6) is 0 Å². The smallest absolute Gasteiger partial charge is 0.144 e. The number of aromatic nitrogens is 1. The molecule has 0 aliphatic heterocycles. The number of para-hydroxylation sites is 1. The van der Waals surface area contributed by atoms with Crippen molar-refractivity contribution >= 4 is 40.6 Å². The number of furan rings is 1. The highest BCUT2D eigenvalue weighted by atomic mass is 16.3. The molecule has 2 aromatic heterocycles. The maximum atomic E-state index is 6.46. The van der Waals surface area contributed by atoms with Gasteiger partial charge in [-0.1, -0.05) is 74.2 Å². The third-order valence-electron chi connectivity index (χ3n) is 6.83. The van der Waals surface area contributed by atoms with Crippen LogP contribution in [-0.2, 0) is 5.31 Å². The minimum absolute atomic E-state index is 0.288. The largest absolute Gasteiger partial charge is 0.455 e. The van der Waals surface area contributed by atoms with Crippen LogP contribution in [0, 0.1) is 0 Å². The van der Waals surface area contributed by atoms with Crippen molar-refractivity contribution in [1.82, 2.24) is 4.98 Å². The molecule has 0 unspecified atom stereocenters. The summed E-state index contributed by atoms with van der Waals surface area (Å²) in [5, 5.41) is 4.96. The summed E-state index contributed by atoms with van der Waals surface area (Å²) in [6, 6.07) is 23.6. The number of fused-ring (bicyclic) bond motifs is 5. The van der Waals surface area contributed by atoms with Gasteiger partial charge in [-0.2, -0.15) is 0 Å². The third-order valence-corrected chi connectivity index (χ3v) is 6.83. The Morgan fingerprint density at radius 1 is 0.759 bits per heavy atom. The monoisotopic (exact) mass is 375 g/mol. The molecule has 3 heteroatoms. The van der Waals surface area contributed by atoms with Gasteiger partial charge in [-0.05, 0) is 34.5 Å². The number of rotatable bonds is 2. The van der Waals surface area contributed by atoms with E-state index in [1.807, 2.05) is 0 Å². The normalized spacial score (nSPS) is 16.1. The van der Waals surface area contributed by atoms with Gasteiger partial charge in [-0.25, -0.2) is 0 Å². The van der Waals surface area contributed by atoms with Crippen molar-refractivity contribution in [2.24, 2.45) is 0 Å². The molecule has 0 bridgehead atoms. The van der Waals surface area contributed by atoms with Gasteiger partial charge in [0.1, 0.15) is 19.0 Å². The highest BCUT2D eigenvalue weighted by Crippen LogP contribution is 2.40. The molecule has 2 heterocycles. The van der Waals surface area contributed by atoms with E-state index in [4.69, 9.17) is 9.40 Å². The van der Waals surface area contributed by atoms with Crippen LogP contribution >= 0.6 is 0 Å². The topological polar surface area (TPSA) is 26.0 Å². The SMILES string of the molecule is BC1(c2ccc(-c3cccc4c3oc3c5ccccc5ccc43)nc2)CCCC1. The minimum Gasteiger partial charge on any atom is -0.455 e. The zero-order valence-electron chi connectivity index (χ0n) is 16.6. The lowest BCUT2D eigenvalue weighted by atomic mass is 9.63. The zero-order valence-corrected chi connectivity index (χ0v) is 16.6. The first kappa shape index (κ1) is 16.9. The summed E-state index contributed by atoms with van der Waals surface area (Å²) in [6.07, 6.45) is 7.26. The summed E-state index contributed by atoms with van der Waals surface area (Å²) in [4.78, 5) is 4.86. The van der Waals surface area contributed by atoms with E-state index in [0.29, 0.717) is 0 Å². The molecule has 0 amide bonds. The van der Waals surface area contributed by atoms with Crippen LogP contribution in [0.25, 0.3) is 44.0 Å². The van der Waals surface area contributed by atoms with Gasteiger partial charge >= 0.3 is 0 Å². The van der Waals surface area contributed by atoms with Crippen LogP contribution < -0.4 is 0 Å². The molecule has 6 rings (SSSR count). The van der Waals surface area contributed by atoms with Crippen molar-refractivity contribution in [2.45, 2.75) is 31.0 Å². The number of benzene rings is 3. The fourth-order valence-corrected chi connectivity index (χ4v) is 5.08. The third kappa shape index (κ3) is 2.53. The van der Waals surface area contributed by atoms with Crippen molar-refractivity contribution in [2.75, 3.05) is 0 Å². The molecule has 5 aromatic rings. The summed E-state index contributed by atoms with van der Waals surface area (Å²) in [6.45, 7) is 0. The molecule has 0 atom stereocenters. The van der Waals surface area contributed by atoms with E-state index >= 15 is 0 Å². The number of nitrogens with zero attached hydrogens (tertiary/aromatic N) is 1. The van der Waals surface area contributed by atoms with Crippen molar-refractivity contribution < 1.29 is 4.42 Å². The highest BCUT2D eigenvalue weighted by molar-refractivity contribution is 6.17. The van der Waals surface area contributed by atoms with Crippen molar-refractivity contribution in [3.05, 3.63) is 78.5 Å². The average Bonchev–Trinajstić information content (AvgIpc) is 3.38. The van der Waals surface area contributed by atoms with Crippen LogP contribution in [0.2, 0.25) is 0 Å². The molecule has 1 fully saturated rings. The summed E-state index contributed by atoms with van der Waals surface area (Å²) in [5.74, 6) is 0. The Bertz CT molecular complexity index is 1360. The van der Waals surface area contributed by atoms with E-state index in [-0.39, 0.29) is 5.31 Å². The molecule has 29 heavy (non-hydrogen) atoms. The van der Waals surface area contributed by atoms with Crippen LogP contribution in [0.1, 0.15) is 31.2 Å². The van der Waals surface area contributed by atoms with Gasteiger partial charge in [-0.15, -0.1) is 0 Å². The molecular weight excluding hydrogens is 353 g/mol. The number of hydrogen-bond acceptors (Lipinski definition) is 2. The Morgan fingerprint density at radius 3 is 2.38 bits per heavy atom. The van der Waals surface area contributed by atoms with Crippen molar-refractivity contribution in [3.63, 3.8) is 0 Å². The highest BCUT2D eigenvalue weighted by Gasteiger charge is 2.30. The number of hydrogen-bond donors (Lipinski definition) is 0. The van der Waals surface area contributed by atoms with Crippen LogP contribution in [0.15, 0.2) is 77.3 Å². The van der Waals surface area contributed by atoms with Gasteiger partial charge in [0.15, 0.2) is 0 Å². The second-order valence-electron chi connectivity index (χ2n) is 8.65. The van der Waals surface area contributed by atoms with E-state index in [9.17, 15) is 0 Å². The molecule has 0 radical (unpaired) electrons. The van der Waals surface area contributed by atoms with Gasteiger partial charge in [-0.3, -0.25) is 4.98 Å². The van der Waals surface area contributed by atoms with Crippen molar-refractivity contribution in [1.29, 1.82) is 0 Å². The average molecular weight is 375 g/mol. The first-order valence-corrected chi connectivity index (χ1v) is 10.5. The Balaban J connectivity index is 1.53. The fraction of sp³-hybridized carbons (Fsp3) is 0.192. The van der Waals surface area contributed by atoms with E-state index in [1.165, 1.54) is 36.6 Å². The van der Waals surface area contributed by atoms with Crippen LogP contribution in [-0.4, -0.2) is 12.8 Å². The number of pyridine rings is 1. The van der Waals surface area contributed by atoms with Gasteiger partial charge in [0.2, 0.25) is 0 Å². The molecule has 140 valence electrons. The van der Waals surface area contributed by atoms with Gasteiger partial charge < -0.3 is 4.42 Å². The molecule has 0 spiro atoms. The lowest BCUT2D eigenvalue weighted by Crippen LogP contribution is -2.22. The Labute approximate surface area is 171 Å². The van der Waals surface area contributed by atoms with E-state index in [1.54, 1.807) is 0 Å². The molecule has 1 aliphatic carbocycles. The molecular formula is C26H22BNO. The predicted octanol–water partition coefficient (Wildman–Crippen LogP) is 6.20. The first-order valence-electron chi connectivity index (χ1n) is 10.5. The lowest BCUT2D eigenvalue weighted by molar-refractivity contribution is 0.633. The quantitative estimate of drug-likeness (QED) is 0.343. The second kappa shape index (κ2) is 6.22. The summed E-state index contributed by atoms with van der Waals surface area (Å²) >= 11 is 0. The maximum Gasteiger partial charge on any atom is 0.144 e. The Hall–Kier alpha value is -3.07. The van der Waals surface area contributed by atoms with E-state index in [0.717, 1.165) is 38.6 Å². The predicted molar refractivity (Wildman–Crippen MR) is 123 cm³/mol. The van der Waals surface area contributed by atoms with E-state index in [2.05, 4.69) is 80.8 Å². The molecule has 1 saturated carbocycles. The van der Waals surface area contributed by atoms with Gasteiger partial charge in [0.05, 0.1) is 5.69 Å². The lowest BCUT2D eigenvalue weighted by Gasteiger charge is -2.23. The standard InChI is InChI=1S/C26H22BNO/c27-26(14-3-4-15-26)18-11-13-23(28-16-18)22-9-5-8-20-21-12-10-17-6-1-2-7-19(17)24(21)29-25(20)22/h1-2,5-13,16H,3-4,14-15,27H2. The molecule has 0 saturated heterocycles. The molecule has 3 aromatic carbocycles. The van der Waals surface area contributed by atoms with Crippen LogP contribution in [0.4, 0.5) is 0 Å². The summed E-state index contributed by atoms with van der Waals surface area (Å²) in [5.41, 5.74) is 5.28. The fourth-order valence-electron chi connectivity index (χ4n) is 5.08. The Kier molecular flexibility index (Phi) is 3.61. The minimum atomic E-state index is 0.288. The first-order chi connectivity index (χ1) is 14.2. The van der Waals surface area contributed by atoms with Crippen molar-refractivity contribution in [3.8, 4) is 11.3 Å². The summed E-state index contributed by atoms with van der Waals surface area (Å²) in [7, 11) is 2.38.